The summed E-state index contributed by atoms with van der Waals surface area (Å²) < 4.78 is 68.5. The van der Waals surface area contributed by atoms with Crippen molar-refractivity contribution in [3.63, 3.8) is 0 Å². The molecule has 0 bridgehead atoms. The third kappa shape index (κ3) is 72.1. The number of unbranched alkanes of at least 4 members (excludes halogenated alkanes) is 29. The largest absolute Gasteiger partial charge is 0.472 e. The zero-order chi connectivity index (χ0) is 73.2. The molecule has 0 heterocycles. The fourth-order valence-electron chi connectivity index (χ4n) is 10.3. The summed E-state index contributed by atoms with van der Waals surface area (Å²) in [4.78, 5) is 72.9. The molecular weight excluding hydrogens is 1310 g/mol. The summed E-state index contributed by atoms with van der Waals surface area (Å²) in [5.41, 5.74) is 0. The van der Waals surface area contributed by atoms with Crippen LogP contribution in [0.1, 0.15) is 323 Å². The minimum absolute atomic E-state index is 0.0746. The first-order chi connectivity index (χ1) is 48.7. The first kappa shape index (κ1) is 95.7. The van der Waals surface area contributed by atoms with Gasteiger partial charge in [0.1, 0.15) is 19.3 Å². The van der Waals surface area contributed by atoms with Crippen molar-refractivity contribution in [2.75, 3.05) is 39.6 Å². The van der Waals surface area contributed by atoms with Gasteiger partial charge in [-0.25, -0.2) is 9.13 Å². The second-order valence-corrected chi connectivity index (χ2v) is 28.8. The van der Waals surface area contributed by atoms with Crippen molar-refractivity contribution in [1.29, 1.82) is 0 Å². The molecule has 0 aromatic carbocycles. The van der Waals surface area contributed by atoms with Crippen LogP contribution in [0, 0.1) is 0 Å². The number of aliphatic hydroxyl groups excluding tert-OH is 1. The standard InChI is InChI=1S/C81H140O17P2/c1-5-9-13-17-21-25-29-32-35-36-37-38-41-43-47-50-54-58-62-66-79(84)91-71-76(97-80(85)67-63-59-55-51-45-28-24-20-16-12-8-4)73-95-99(87,88)93-69-75(82)70-94-100(89,90)96-74-77(98-81(86)68-64-60-56-52-48-44-40-34-31-27-23-19-15-11-7-3)72-92-78(83)65-61-57-53-49-46-42-39-33-30-26-22-18-14-10-6-2/h9-10,13-14,21-23,25-27,32-35,37-40,75-77,82H,5-8,11-12,15-20,24,28-31,36,41-74H2,1-4H3,(H,87,88)(H,89,90)/b13-9-,14-10-,25-21-,26-22-,27-23-,35-32-,38-37-,39-33-,40-34-. The van der Waals surface area contributed by atoms with Gasteiger partial charge in [-0.15, -0.1) is 0 Å². The molecule has 0 radical (unpaired) electrons. The number of ether oxygens (including phenoxy) is 4. The highest BCUT2D eigenvalue weighted by Crippen LogP contribution is 2.45. The number of carbonyl (C=O) groups is 4. The zero-order valence-corrected chi connectivity index (χ0v) is 64.6. The van der Waals surface area contributed by atoms with Crippen LogP contribution < -0.4 is 0 Å². The van der Waals surface area contributed by atoms with Gasteiger partial charge in [0.15, 0.2) is 12.2 Å². The molecule has 100 heavy (non-hydrogen) atoms. The van der Waals surface area contributed by atoms with E-state index in [-0.39, 0.29) is 25.7 Å². The molecule has 17 nitrogen and oxygen atoms in total. The van der Waals surface area contributed by atoms with E-state index in [1.54, 1.807) is 0 Å². The Bertz CT molecular complexity index is 2320. The third-order valence-electron chi connectivity index (χ3n) is 16.2. The van der Waals surface area contributed by atoms with Crippen LogP contribution in [0.3, 0.4) is 0 Å². The summed E-state index contributed by atoms with van der Waals surface area (Å²) >= 11 is 0. The van der Waals surface area contributed by atoms with Gasteiger partial charge >= 0.3 is 39.5 Å². The van der Waals surface area contributed by atoms with Crippen LogP contribution in [0.4, 0.5) is 0 Å². The summed E-state index contributed by atoms with van der Waals surface area (Å²) in [6, 6.07) is 0. The molecule has 0 fully saturated rings. The predicted molar refractivity (Wildman–Crippen MR) is 408 cm³/mol. The third-order valence-corrected chi connectivity index (χ3v) is 18.1. The Balaban J connectivity index is 5.34. The maximum atomic E-state index is 13.1. The molecular formula is C81H140O17P2. The molecule has 0 aromatic rings. The Morgan fingerprint density at radius 1 is 0.290 bits per heavy atom. The Morgan fingerprint density at radius 3 is 0.820 bits per heavy atom. The lowest BCUT2D eigenvalue weighted by Gasteiger charge is -2.21. The van der Waals surface area contributed by atoms with E-state index in [1.165, 1.54) is 57.8 Å². The Kier molecular flexibility index (Phi) is 69.9. The highest BCUT2D eigenvalue weighted by molar-refractivity contribution is 7.47. The molecule has 0 aliphatic heterocycles. The summed E-state index contributed by atoms with van der Waals surface area (Å²) in [6.45, 7) is 4.59. The molecule has 576 valence electrons. The van der Waals surface area contributed by atoms with Gasteiger partial charge < -0.3 is 33.8 Å². The maximum Gasteiger partial charge on any atom is 0.472 e. The van der Waals surface area contributed by atoms with Gasteiger partial charge in [0.2, 0.25) is 0 Å². The summed E-state index contributed by atoms with van der Waals surface area (Å²) in [7, 11) is -9.96. The number of phosphoric ester groups is 2. The van der Waals surface area contributed by atoms with Crippen molar-refractivity contribution >= 4 is 39.5 Å². The first-order valence-electron chi connectivity index (χ1n) is 39.1. The quantitative estimate of drug-likeness (QED) is 0.0169. The molecule has 0 aliphatic rings. The number of rotatable bonds is 73. The van der Waals surface area contributed by atoms with E-state index in [4.69, 9.17) is 37.0 Å². The number of aliphatic hydroxyl groups is 1. The Hall–Kier alpha value is -4.28. The summed E-state index contributed by atoms with van der Waals surface area (Å²) in [5, 5.41) is 10.6. The zero-order valence-electron chi connectivity index (χ0n) is 62.8. The fraction of sp³-hybridized carbons (Fsp3) is 0.728. The van der Waals surface area contributed by atoms with E-state index >= 15 is 0 Å². The topological polar surface area (TPSA) is 237 Å². The van der Waals surface area contributed by atoms with Crippen LogP contribution in [0.15, 0.2) is 109 Å². The first-order valence-corrected chi connectivity index (χ1v) is 42.1. The Morgan fingerprint density at radius 2 is 0.520 bits per heavy atom. The smallest absolute Gasteiger partial charge is 0.462 e. The van der Waals surface area contributed by atoms with Gasteiger partial charge in [-0.05, 0) is 128 Å². The van der Waals surface area contributed by atoms with Crippen molar-refractivity contribution in [1.82, 2.24) is 0 Å². The molecule has 0 amide bonds. The molecule has 19 heteroatoms. The van der Waals surface area contributed by atoms with Crippen LogP contribution in [0.5, 0.6) is 0 Å². The summed E-state index contributed by atoms with van der Waals surface area (Å²) in [6.07, 6.45) is 77.8. The number of hydrogen-bond acceptors (Lipinski definition) is 15. The van der Waals surface area contributed by atoms with Gasteiger partial charge in [-0.3, -0.25) is 37.3 Å². The minimum Gasteiger partial charge on any atom is -0.462 e. The second kappa shape index (κ2) is 73.0. The van der Waals surface area contributed by atoms with E-state index in [0.29, 0.717) is 25.7 Å². The second-order valence-electron chi connectivity index (χ2n) is 25.9. The van der Waals surface area contributed by atoms with Crippen molar-refractivity contribution in [2.24, 2.45) is 0 Å². The summed E-state index contributed by atoms with van der Waals surface area (Å²) in [5.74, 6) is -2.21. The van der Waals surface area contributed by atoms with E-state index in [9.17, 15) is 43.2 Å². The number of allylic oxidation sites excluding steroid dienone is 18. The molecule has 0 rings (SSSR count). The Labute approximate surface area is 607 Å². The molecule has 3 N–H and O–H groups in total. The van der Waals surface area contributed by atoms with Gasteiger partial charge in [0, 0.05) is 25.7 Å². The van der Waals surface area contributed by atoms with E-state index < -0.39 is 97.5 Å². The van der Waals surface area contributed by atoms with Crippen LogP contribution in [0.25, 0.3) is 0 Å². The lowest BCUT2D eigenvalue weighted by atomic mass is 10.1. The molecule has 0 saturated carbocycles. The van der Waals surface area contributed by atoms with Crippen LogP contribution in [-0.2, 0) is 65.4 Å². The van der Waals surface area contributed by atoms with Crippen molar-refractivity contribution < 1.29 is 80.2 Å². The highest BCUT2D eigenvalue weighted by atomic mass is 31.2. The molecule has 5 unspecified atom stereocenters. The van der Waals surface area contributed by atoms with Gasteiger partial charge in [0.25, 0.3) is 0 Å². The highest BCUT2D eigenvalue weighted by Gasteiger charge is 2.30. The molecule has 0 saturated heterocycles. The predicted octanol–water partition coefficient (Wildman–Crippen LogP) is 22.6. The average molecular weight is 1450 g/mol. The monoisotopic (exact) mass is 1450 g/mol. The van der Waals surface area contributed by atoms with Crippen LogP contribution >= 0.6 is 15.6 Å². The van der Waals surface area contributed by atoms with E-state index in [2.05, 4.69) is 137 Å². The van der Waals surface area contributed by atoms with Crippen molar-refractivity contribution in [2.45, 2.75) is 341 Å². The molecule has 0 spiro atoms. The molecule has 0 aromatic heterocycles. The van der Waals surface area contributed by atoms with Crippen molar-refractivity contribution in [3.8, 4) is 0 Å². The van der Waals surface area contributed by atoms with Crippen LogP contribution in [0.2, 0.25) is 0 Å². The van der Waals surface area contributed by atoms with Gasteiger partial charge in [-0.1, -0.05) is 278 Å². The average Bonchev–Trinajstić information content (AvgIpc) is 0.953. The molecule has 5 atom stereocenters. The number of hydrogen-bond donors (Lipinski definition) is 3. The normalized spacial score (nSPS) is 14.5. The number of esters is 4. The molecule has 0 aliphatic carbocycles. The van der Waals surface area contributed by atoms with Crippen LogP contribution in [-0.4, -0.2) is 96.7 Å². The maximum absolute atomic E-state index is 13.1. The van der Waals surface area contributed by atoms with Gasteiger partial charge in [-0.2, -0.15) is 0 Å². The lowest BCUT2D eigenvalue weighted by Crippen LogP contribution is -2.30. The van der Waals surface area contributed by atoms with Gasteiger partial charge in [0.05, 0.1) is 26.4 Å². The van der Waals surface area contributed by atoms with E-state index in [1.807, 2.05) is 0 Å². The fourth-order valence-corrected chi connectivity index (χ4v) is 11.9. The lowest BCUT2D eigenvalue weighted by molar-refractivity contribution is -0.161. The number of carbonyl (C=O) groups excluding carboxylic acids is 4. The van der Waals surface area contributed by atoms with Crippen molar-refractivity contribution in [3.05, 3.63) is 109 Å². The van der Waals surface area contributed by atoms with E-state index in [0.717, 1.165) is 186 Å². The SMILES string of the molecule is CC/C=C\C/C=C\C/C=C\C/C=C\CCCCCCCCC(=O)OCC(COP(=O)(O)OCC(O)COP(=O)(O)OCC(COC(=O)CCCCCCC/C=C\C/C=C\C/C=C\CC)OC(=O)CCCCCCC/C=C\C/C=C\CCCCC)OC(=O)CCCCCCCCCCCCC. The number of phosphoric acid groups is 2. The minimum atomic E-state index is -4.98.